The minimum atomic E-state index is 0.112. The van der Waals surface area contributed by atoms with Gasteiger partial charge in [-0.3, -0.25) is 9.59 Å². The summed E-state index contributed by atoms with van der Waals surface area (Å²) in [5, 5.41) is 3.12. The van der Waals surface area contributed by atoms with E-state index in [4.69, 9.17) is 0 Å². The molecule has 34 heavy (non-hydrogen) atoms. The lowest BCUT2D eigenvalue weighted by atomic mass is 9.95. The molecule has 2 heterocycles. The first kappa shape index (κ1) is 24.3. The van der Waals surface area contributed by atoms with Gasteiger partial charge in [-0.25, -0.2) is 0 Å². The summed E-state index contributed by atoms with van der Waals surface area (Å²) in [6.07, 6.45) is 3.86. The maximum absolute atomic E-state index is 12.6. The van der Waals surface area contributed by atoms with E-state index in [1.807, 2.05) is 35.2 Å². The van der Waals surface area contributed by atoms with Crippen molar-refractivity contribution in [1.29, 1.82) is 0 Å². The zero-order chi connectivity index (χ0) is 23.8. The molecule has 0 atom stereocenters. The minimum Gasteiger partial charge on any atom is -0.367 e. The SMILES string of the molecule is CC(=O)N1CCC(N(CCN2CCC(C(=O)NCc3ccccc3)CC2)c2ccccc2)CC1. The van der Waals surface area contributed by atoms with Crippen LogP contribution in [-0.2, 0) is 16.1 Å². The number of rotatable bonds is 8. The Hall–Kier alpha value is -2.86. The number of carbonyl (C=O) groups is 2. The van der Waals surface area contributed by atoms with Crippen LogP contribution in [0, 0.1) is 5.92 Å². The van der Waals surface area contributed by atoms with Gasteiger partial charge in [-0.15, -0.1) is 0 Å². The summed E-state index contributed by atoms with van der Waals surface area (Å²) in [6, 6.07) is 21.2. The minimum absolute atomic E-state index is 0.112. The Labute approximate surface area is 203 Å². The number of nitrogens with zero attached hydrogens (tertiary/aromatic N) is 3. The van der Waals surface area contributed by atoms with Crippen LogP contribution in [0.4, 0.5) is 5.69 Å². The Morgan fingerprint density at radius 2 is 1.50 bits per heavy atom. The molecule has 4 rings (SSSR count). The lowest BCUT2D eigenvalue weighted by molar-refractivity contribution is -0.130. The number of amides is 2. The molecule has 0 radical (unpaired) electrons. The second-order valence-corrected chi connectivity index (χ2v) is 9.59. The smallest absolute Gasteiger partial charge is 0.223 e. The summed E-state index contributed by atoms with van der Waals surface area (Å²) in [4.78, 5) is 31.4. The first-order valence-corrected chi connectivity index (χ1v) is 12.7. The van der Waals surface area contributed by atoms with E-state index in [-0.39, 0.29) is 17.7 Å². The molecule has 0 unspecified atom stereocenters. The van der Waals surface area contributed by atoms with Gasteiger partial charge in [0.15, 0.2) is 0 Å². The lowest BCUT2D eigenvalue weighted by Crippen LogP contribution is -2.49. The van der Waals surface area contributed by atoms with E-state index >= 15 is 0 Å². The molecule has 2 aliphatic heterocycles. The Bertz CT molecular complexity index is 905. The first-order chi connectivity index (χ1) is 16.6. The molecule has 0 spiro atoms. The highest BCUT2D eigenvalue weighted by molar-refractivity contribution is 5.78. The average molecular weight is 463 g/mol. The summed E-state index contributed by atoms with van der Waals surface area (Å²) in [6.45, 7) is 7.86. The maximum atomic E-state index is 12.6. The van der Waals surface area contributed by atoms with E-state index < -0.39 is 0 Å². The van der Waals surface area contributed by atoms with Crippen molar-refractivity contribution in [3.63, 3.8) is 0 Å². The number of nitrogens with one attached hydrogen (secondary N) is 1. The monoisotopic (exact) mass is 462 g/mol. The van der Waals surface area contributed by atoms with Gasteiger partial charge in [0.1, 0.15) is 0 Å². The molecule has 2 fully saturated rings. The average Bonchev–Trinajstić information content (AvgIpc) is 2.89. The number of para-hydroxylation sites is 1. The number of carbonyl (C=O) groups excluding carboxylic acids is 2. The summed E-state index contributed by atoms with van der Waals surface area (Å²) in [5.41, 5.74) is 2.40. The molecule has 2 aromatic rings. The van der Waals surface area contributed by atoms with Crippen LogP contribution >= 0.6 is 0 Å². The second kappa shape index (κ2) is 12.0. The Kier molecular flexibility index (Phi) is 8.58. The molecular weight excluding hydrogens is 424 g/mol. The molecule has 0 saturated carbocycles. The third-order valence-corrected chi connectivity index (χ3v) is 7.36. The molecule has 2 aliphatic rings. The Balaban J connectivity index is 1.25. The standard InChI is InChI=1S/C28H38N4O2/c1-23(33)31-18-14-27(15-19-31)32(26-10-6-3-7-11-26)21-20-30-16-12-25(13-17-30)28(34)29-22-24-8-4-2-5-9-24/h2-11,25,27H,12-22H2,1H3,(H,29,34). The molecule has 2 saturated heterocycles. The van der Waals surface area contributed by atoms with Crippen molar-refractivity contribution >= 4 is 17.5 Å². The quantitative estimate of drug-likeness (QED) is 0.652. The van der Waals surface area contributed by atoms with Gasteiger partial charge in [0.05, 0.1) is 0 Å². The summed E-state index contributed by atoms with van der Waals surface area (Å²) in [5.74, 6) is 0.480. The number of hydrogen-bond donors (Lipinski definition) is 1. The summed E-state index contributed by atoms with van der Waals surface area (Å²) >= 11 is 0. The third-order valence-electron chi connectivity index (χ3n) is 7.36. The van der Waals surface area contributed by atoms with E-state index in [1.165, 1.54) is 5.69 Å². The molecule has 0 aromatic heterocycles. The van der Waals surface area contributed by atoms with Gasteiger partial charge in [0.2, 0.25) is 11.8 Å². The Morgan fingerprint density at radius 3 is 2.12 bits per heavy atom. The van der Waals surface area contributed by atoms with Crippen LogP contribution in [0.2, 0.25) is 0 Å². The zero-order valence-corrected chi connectivity index (χ0v) is 20.4. The van der Waals surface area contributed by atoms with Crippen LogP contribution in [0.3, 0.4) is 0 Å². The van der Waals surface area contributed by atoms with E-state index in [0.717, 1.165) is 70.5 Å². The Morgan fingerprint density at radius 1 is 0.882 bits per heavy atom. The highest BCUT2D eigenvalue weighted by atomic mass is 16.2. The van der Waals surface area contributed by atoms with Gasteiger partial charge < -0.3 is 20.0 Å². The fourth-order valence-electron chi connectivity index (χ4n) is 5.23. The van der Waals surface area contributed by atoms with Gasteiger partial charge in [0, 0.05) is 57.3 Å². The number of benzene rings is 2. The van der Waals surface area contributed by atoms with Gasteiger partial charge in [0.25, 0.3) is 0 Å². The number of piperidine rings is 2. The first-order valence-electron chi connectivity index (χ1n) is 12.7. The van der Waals surface area contributed by atoms with Crippen molar-refractivity contribution in [2.75, 3.05) is 44.2 Å². The summed E-state index contributed by atoms with van der Waals surface area (Å²) in [7, 11) is 0. The van der Waals surface area contributed by atoms with Crippen LogP contribution in [0.1, 0.15) is 38.2 Å². The maximum Gasteiger partial charge on any atom is 0.223 e. The molecule has 6 heteroatoms. The molecule has 0 aliphatic carbocycles. The van der Waals surface area contributed by atoms with Crippen molar-refractivity contribution in [2.24, 2.45) is 5.92 Å². The number of hydrogen-bond acceptors (Lipinski definition) is 4. The fraction of sp³-hybridized carbons (Fsp3) is 0.500. The number of anilines is 1. The fourth-order valence-corrected chi connectivity index (χ4v) is 5.23. The van der Waals surface area contributed by atoms with E-state index in [0.29, 0.717) is 12.6 Å². The molecule has 182 valence electrons. The van der Waals surface area contributed by atoms with Crippen molar-refractivity contribution in [1.82, 2.24) is 15.1 Å². The normalized spacial score (nSPS) is 18.0. The van der Waals surface area contributed by atoms with Gasteiger partial charge in [-0.1, -0.05) is 48.5 Å². The predicted octanol–water partition coefficient (Wildman–Crippen LogP) is 3.53. The molecular formula is C28H38N4O2. The predicted molar refractivity (Wildman–Crippen MR) is 137 cm³/mol. The van der Waals surface area contributed by atoms with Crippen molar-refractivity contribution in [3.05, 3.63) is 66.2 Å². The van der Waals surface area contributed by atoms with Crippen LogP contribution in [0.15, 0.2) is 60.7 Å². The third kappa shape index (κ3) is 6.60. The molecule has 0 bridgehead atoms. The molecule has 6 nitrogen and oxygen atoms in total. The van der Waals surface area contributed by atoms with Crippen molar-refractivity contribution in [3.8, 4) is 0 Å². The molecule has 2 amide bonds. The van der Waals surface area contributed by atoms with E-state index in [9.17, 15) is 9.59 Å². The molecule has 2 aromatic carbocycles. The van der Waals surface area contributed by atoms with Crippen LogP contribution < -0.4 is 10.2 Å². The zero-order valence-electron chi connectivity index (χ0n) is 20.4. The van der Waals surface area contributed by atoms with Gasteiger partial charge in [-0.2, -0.15) is 0 Å². The topological polar surface area (TPSA) is 55.9 Å². The van der Waals surface area contributed by atoms with E-state index in [2.05, 4.69) is 45.4 Å². The summed E-state index contributed by atoms with van der Waals surface area (Å²) < 4.78 is 0. The van der Waals surface area contributed by atoms with Gasteiger partial charge >= 0.3 is 0 Å². The van der Waals surface area contributed by atoms with Crippen LogP contribution in [0.5, 0.6) is 0 Å². The van der Waals surface area contributed by atoms with Crippen molar-refractivity contribution < 1.29 is 9.59 Å². The number of likely N-dealkylation sites (tertiary alicyclic amines) is 2. The highest BCUT2D eigenvalue weighted by Crippen LogP contribution is 2.24. The molecule has 1 N–H and O–H groups in total. The highest BCUT2D eigenvalue weighted by Gasteiger charge is 2.28. The van der Waals surface area contributed by atoms with Gasteiger partial charge in [-0.05, 0) is 56.5 Å². The van der Waals surface area contributed by atoms with Crippen LogP contribution in [0.25, 0.3) is 0 Å². The van der Waals surface area contributed by atoms with E-state index in [1.54, 1.807) is 6.92 Å². The van der Waals surface area contributed by atoms with Crippen LogP contribution in [-0.4, -0.2) is 66.9 Å². The largest absolute Gasteiger partial charge is 0.367 e. The second-order valence-electron chi connectivity index (χ2n) is 9.59. The lowest BCUT2D eigenvalue weighted by Gasteiger charge is -2.41. The van der Waals surface area contributed by atoms with Crippen molar-refractivity contribution in [2.45, 2.75) is 45.2 Å².